The summed E-state index contributed by atoms with van der Waals surface area (Å²) in [5.41, 5.74) is 3.09. The lowest BCUT2D eigenvalue weighted by atomic mass is 10.1. The average Bonchev–Trinajstić information content (AvgIpc) is 2.58. The number of para-hydroxylation sites is 1. The van der Waals surface area contributed by atoms with Crippen LogP contribution in [-0.2, 0) is 9.53 Å². The van der Waals surface area contributed by atoms with Crippen LogP contribution in [-0.4, -0.2) is 25.6 Å². The van der Waals surface area contributed by atoms with E-state index in [1.165, 1.54) is 12.7 Å². The first-order valence-corrected chi connectivity index (χ1v) is 7.68. The Morgan fingerprint density at radius 1 is 1.04 bits per heavy atom. The highest BCUT2D eigenvalue weighted by atomic mass is 16.5. The van der Waals surface area contributed by atoms with Crippen molar-refractivity contribution in [1.29, 1.82) is 0 Å². The SMILES string of the molecule is COC(=O)c1ccccc1NC(=O)CCOc1ccc(C)c(C)c1. The highest BCUT2D eigenvalue weighted by Gasteiger charge is 2.13. The molecule has 0 bridgehead atoms. The van der Waals surface area contributed by atoms with Gasteiger partial charge in [0.1, 0.15) is 5.75 Å². The number of nitrogens with one attached hydrogen (secondary N) is 1. The monoisotopic (exact) mass is 327 g/mol. The van der Waals surface area contributed by atoms with E-state index in [-0.39, 0.29) is 18.9 Å². The maximum atomic E-state index is 12.0. The molecule has 0 aliphatic heterocycles. The number of rotatable bonds is 6. The molecule has 0 spiro atoms. The van der Waals surface area contributed by atoms with Crippen molar-refractivity contribution >= 4 is 17.6 Å². The summed E-state index contributed by atoms with van der Waals surface area (Å²) in [4.78, 5) is 23.7. The molecule has 1 N–H and O–H groups in total. The van der Waals surface area contributed by atoms with Crippen LogP contribution in [0.3, 0.4) is 0 Å². The minimum Gasteiger partial charge on any atom is -0.493 e. The van der Waals surface area contributed by atoms with Gasteiger partial charge in [-0.15, -0.1) is 0 Å². The number of carbonyl (C=O) groups is 2. The summed E-state index contributed by atoms with van der Waals surface area (Å²) >= 11 is 0. The molecule has 0 saturated carbocycles. The Balaban J connectivity index is 1.90. The predicted octanol–water partition coefficient (Wildman–Crippen LogP) is 3.50. The number of carbonyl (C=O) groups excluding carboxylic acids is 2. The first kappa shape index (κ1) is 17.5. The quantitative estimate of drug-likeness (QED) is 0.825. The van der Waals surface area contributed by atoms with Gasteiger partial charge in [-0.2, -0.15) is 0 Å². The molecule has 0 fully saturated rings. The second kappa shape index (κ2) is 8.15. The summed E-state index contributed by atoms with van der Waals surface area (Å²) in [5.74, 6) is 0.0216. The van der Waals surface area contributed by atoms with Gasteiger partial charge in [-0.05, 0) is 49.2 Å². The van der Waals surface area contributed by atoms with Gasteiger partial charge in [0.15, 0.2) is 0 Å². The zero-order valence-corrected chi connectivity index (χ0v) is 14.1. The number of ether oxygens (including phenoxy) is 2. The Kier molecular flexibility index (Phi) is 5.95. The first-order valence-electron chi connectivity index (χ1n) is 7.68. The molecule has 0 aliphatic rings. The number of hydrogen-bond donors (Lipinski definition) is 1. The van der Waals surface area contributed by atoms with Crippen molar-refractivity contribution in [3.63, 3.8) is 0 Å². The predicted molar refractivity (Wildman–Crippen MR) is 92.4 cm³/mol. The van der Waals surface area contributed by atoms with Gasteiger partial charge in [-0.1, -0.05) is 18.2 Å². The third kappa shape index (κ3) is 4.59. The van der Waals surface area contributed by atoms with E-state index >= 15 is 0 Å². The third-order valence-corrected chi connectivity index (χ3v) is 3.68. The molecule has 0 radical (unpaired) electrons. The fourth-order valence-corrected chi connectivity index (χ4v) is 2.16. The van der Waals surface area contributed by atoms with Gasteiger partial charge in [0.25, 0.3) is 0 Å². The number of amides is 1. The molecule has 0 aromatic heterocycles. The summed E-state index contributed by atoms with van der Waals surface area (Å²) in [6.07, 6.45) is 0.183. The van der Waals surface area contributed by atoms with Gasteiger partial charge in [0.2, 0.25) is 5.91 Å². The number of methoxy groups -OCH3 is 1. The van der Waals surface area contributed by atoms with E-state index in [1.54, 1.807) is 24.3 Å². The van der Waals surface area contributed by atoms with Crippen LogP contribution in [0.4, 0.5) is 5.69 Å². The van der Waals surface area contributed by atoms with Crippen LogP contribution < -0.4 is 10.1 Å². The molecular formula is C19H21NO4. The van der Waals surface area contributed by atoms with Gasteiger partial charge < -0.3 is 14.8 Å². The van der Waals surface area contributed by atoms with E-state index in [9.17, 15) is 9.59 Å². The minimum atomic E-state index is -0.489. The molecular weight excluding hydrogens is 306 g/mol. The normalized spacial score (nSPS) is 10.1. The summed E-state index contributed by atoms with van der Waals surface area (Å²) < 4.78 is 10.3. The second-order valence-electron chi connectivity index (χ2n) is 5.43. The van der Waals surface area contributed by atoms with Gasteiger partial charge in [-0.3, -0.25) is 4.79 Å². The molecule has 2 aromatic rings. The van der Waals surface area contributed by atoms with E-state index in [1.807, 2.05) is 32.0 Å². The smallest absolute Gasteiger partial charge is 0.339 e. The molecule has 0 aliphatic carbocycles. The van der Waals surface area contributed by atoms with Crippen molar-refractivity contribution in [2.45, 2.75) is 20.3 Å². The Labute approximate surface area is 141 Å². The lowest BCUT2D eigenvalue weighted by molar-refractivity contribution is -0.116. The molecule has 2 rings (SSSR count). The van der Waals surface area contributed by atoms with Crippen molar-refractivity contribution in [3.05, 3.63) is 59.2 Å². The van der Waals surface area contributed by atoms with E-state index in [2.05, 4.69) is 5.32 Å². The Morgan fingerprint density at radius 3 is 2.50 bits per heavy atom. The van der Waals surface area contributed by atoms with Crippen molar-refractivity contribution < 1.29 is 19.1 Å². The molecule has 24 heavy (non-hydrogen) atoms. The zero-order chi connectivity index (χ0) is 17.5. The minimum absolute atomic E-state index is 0.183. The van der Waals surface area contributed by atoms with Crippen LogP contribution in [0.15, 0.2) is 42.5 Å². The number of hydrogen-bond acceptors (Lipinski definition) is 4. The molecule has 1 amide bonds. The molecule has 126 valence electrons. The number of esters is 1. The first-order chi connectivity index (χ1) is 11.5. The molecule has 0 heterocycles. The Hall–Kier alpha value is -2.82. The molecule has 0 unspecified atom stereocenters. The molecule has 2 aromatic carbocycles. The van der Waals surface area contributed by atoms with E-state index < -0.39 is 5.97 Å². The molecule has 5 nitrogen and oxygen atoms in total. The maximum absolute atomic E-state index is 12.0. The van der Waals surface area contributed by atoms with Gasteiger partial charge >= 0.3 is 5.97 Å². The van der Waals surface area contributed by atoms with Crippen LogP contribution in [0.1, 0.15) is 27.9 Å². The lowest BCUT2D eigenvalue weighted by Gasteiger charge is -2.11. The van der Waals surface area contributed by atoms with Gasteiger partial charge in [0.05, 0.1) is 31.4 Å². The number of anilines is 1. The summed E-state index contributed by atoms with van der Waals surface area (Å²) in [5, 5.41) is 2.71. The highest BCUT2D eigenvalue weighted by molar-refractivity contribution is 6.01. The van der Waals surface area contributed by atoms with Crippen molar-refractivity contribution in [1.82, 2.24) is 0 Å². The van der Waals surface area contributed by atoms with E-state index in [0.29, 0.717) is 11.3 Å². The topological polar surface area (TPSA) is 64.6 Å². The van der Waals surface area contributed by atoms with Gasteiger partial charge in [-0.25, -0.2) is 4.79 Å². The largest absolute Gasteiger partial charge is 0.493 e. The second-order valence-corrected chi connectivity index (χ2v) is 5.43. The van der Waals surface area contributed by atoms with E-state index in [4.69, 9.17) is 9.47 Å². The molecule has 5 heteroatoms. The average molecular weight is 327 g/mol. The van der Waals surface area contributed by atoms with Crippen LogP contribution in [0.2, 0.25) is 0 Å². The van der Waals surface area contributed by atoms with Crippen LogP contribution in [0.5, 0.6) is 5.75 Å². The third-order valence-electron chi connectivity index (χ3n) is 3.68. The molecule has 0 atom stereocenters. The molecule has 0 saturated heterocycles. The van der Waals surface area contributed by atoms with Crippen molar-refractivity contribution in [2.24, 2.45) is 0 Å². The number of aryl methyl sites for hydroxylation is 2. The van der Waals surface area contributed by atoms with Crippen molar-refractivity contribution in [2.75, 3.05) is 19.0 Å². The summed E-state index contributed by atoms with van der Waals surface area (Å²) in [7, 11) is 1.30. The van der Waals surface area contributed by atoms with Gasteiger partial charge in [0, 0.05) is 0 Å². The fraction of sp³-hybridized carbons (Fsp3) is 0.263. The van der Waals surface area contributed by atoms with Crippen LogP contribution >= 0.6 is 0 Å². The Morgan fingerprint density at radius 2 is 1.79 bits per heavy atom. The fourth-order valence-electron chi connectivity index (χ4n) is 2.16. The van der Waals surface area contributed by atoms with Crippen LogP contribution in [0.25, 0.3) is 0 Å². The van der Waals surface area contributed by atoms with Crippen LogP contribution in [0, 0.1) is 13.8 Å². The zero-order valence-electron chi connectivity index (χ0n) is 14.1. The lowest BCUT2D eigenvalue weighted by Crippen LogP contribution is -2.17. The standard InChI is InChI=1S/C19H21NO4/c1-13-8-9-15(12-14(13)2)24-11-10-18(21)20-17-7-5-4-6-16(17)19(22)23-3/h4-9,12H,10-11H2,1-3H3,(H,20,21). The maximum Gasteiger partial charge on any atom is 0.339 e. The Bertz CT molecular complexity index is 740. The summed E-state index contributed by atoms with van der Waals surface area (Å²) in [6.45, 7) is 4.30. The summed E-state index contributed by atoms with van der Waals surface area (Å²) in [6, 6.07) is 12.5. The van der Waals surface area contributed by atoms with Crippen molar-refractivity contribution in [3.8, 4) is 5.75 Å². The highest BCUT2D eigenvalue weighted by Crippen LogP contribution is 2.18. The number of benzene rings is 2. The van der Waals surface area contributed by atoms with E-state index in [0.717, 1.165) is 11.3 Å².